The van der Waals surface area contributed by atoms with Crippen molar-refractivity contribution in [3.05, 3.63) is 64.7 Å². The van der Waals surface area contributed by atoms with E-state index < -0.39 is 18.2 Å². The molecule has 0 aliphatic carbocycles. The molecule has 2 aromatic carbocycles. The van der Waals surface area contributed by atoms with Crippen LogP contribution in [0.3, 0.4) is 0 Å². The van der Waals surface area contributed by atoms with E-state index >= 15 is 0 Å². The Kier molecular flexibility index (Phi) is 8.34. The van der Waals surface area contributed by atoms with Gasteiger partial charge in [0.2, 0.25) is 5.91 Å². The predicted octanol–water partition coefficient (Wildman–Crippen LogP) is 4.61. The van der Waals surface area contributed by atoms with E-state index in [1.807, 2.05) is 17.0 Å². The molecule has 0 saturated carbocycles. The van der Waals surface area contributed by atoms with Crippen molar-refractivity contribution in [3.8, 4) is 0 Å². The number of carboxylic acid groups (broad SMARTS) is 1. The van der Waals surface area contributed by atoms with E-state index in [9.17, 15) is 22.4 Å². The van der Waals surface area contributed by atoms with Crippen LogP contribution in [-0.2, 0) is 16.0 Å². The molecule has 12 heteroatoms. The number of carbonyl (C=O) groups is 2. The lowest BCUT2D eigenvalue weighted by Crippen LogP contribution is -2.36. The van der Waals surface area contributed by atoms with Crippen LogP contribution in [0.4, 0.5) is 17.6 Å². The number of H-pyrrole nitrogens is 1. The molecule has 1 aliphatic rings. The maximum Gasteiger partial charge on any atom is 0.490 e. The van der Waals surface area contributed by atoms with Crippen LogP contribution in [0.15, 0.2) is 42.5 Å². The molecular formula is C23H23ClF4N4O3. The molecule has 188 valence electrons. The highest BCUT2D eigenvalue weighted by Gasteiger charge is 2.38. The Bertz CT molecular complexity index is 1200. The molecular weight excluding hydrogens is 492 g/mol. The molecule has 0 radical (unpaired) electrons. The number of nitrogens with one attached hydrogen (secondary N) is 1. The first-order valence-corrected chi connectivity index (χ1v) is 11.1. The minimum absolute atomic E-state index is 0.0233. The molecule has 4 N–H and O–H groups in total. The SMILES string of the molecule is N[C@@H](CC(=O)N1CCC[C@H]1c1nc2ccc(Cl)cc2[nH]1)Cc1ccccc1F.O=C(O)C(F)(F)F. The van der Waals surface area contributed by atoms with Gasteiger partial charge in [-0.1, -0.05) is 29.8 Å². The van der Waals surface area contributed by atoms with Crippen LogP contribution in [0.1, 0.15) is 36.7 Å². The van der Waals surface area contributed by atoms with E-state index in [4.69, 9.17) is 27.2 Å². The van der Waals surface area contributed by atoms with E-state index in [2.05, 4.69) is 9.97 Å². The second-order valence-electron chi connectivity index (χ2n) is 8.09. The third kappa shape index (κ3) is 6.92. The van der Waals surface area contributed by atoms with Crippen LogP contribution in [0.5, 0.6) is 0 Å². The molecule has 7 nitrogen and oxygen atoms in total. The Morgan fingerprint density at radius 3 is 2.60 bits per heavy atom. The van der Waals surface area contributed by atoms with Gasteiger partial charge in [0.05, 0.1) is 17.1 Å². The normalized spacial score (nSPS) is 16.6. The van der Waals surface area contributed by atoms with Crippen LogP contribution in [-0.4, -0.2) is 50.6 Å². The second kappa shape index (κ2) is 11.0. The van der Waals surface area contributed by atoms with E-state index in [-0.39, 0.29) is 24.2 Å². The highest BCUT2D eigenvalue weighted by molar-refractivity contribution is 6.31. The number of hydrogen-bond donors (Lipinski definition) is 3. The lowest BCUT2D eigenvalue weighted by Gasteiger charge is -2.24. The standard InChI is InChI=1S/C21H22ClFN4O.C2HF3O2/c22-14-7-8-17-18(11-14)26-21(25-17)19-6-3-9-27(19)20(28)12-15(24)10-13-4-1-2-5-16(13)23;3-2(4,5)1(6)7/h1-2,4-5,7-8,11,15,19H,3,6,9-10,12,24H2,(H,25,26);(H,6,7)/t15-,19+;/m1./s1. The first kappa shape index (κ1) is 26.4. The van der Waals surface area contributed by atoms with Crippen molar-refractivity contribution in [1.82, 2.24) is 14.9 Å². The number of carbonyl (C=O) groups excluding carboxylic acids is 1. The summed E-state index contributed by atoms with van der Waals surface area (Å²) in [6, 6.07) is 11.5. The van der Waals surface area contributed by atoms with Crippen LogP contribution in [0.25, 0.3) is 11.0 Å². The van der Waals surface area contributed by atoms with Crippen LogP contribution < -0.4 is 5.73 Å². The van der Waals surface area contributed by atoms with E-state index in [1.165, 1.54) is 6.07 Å². The number of nitrogens with two attached hydrogens (primary N) is 1. The van der Waals surface area contributed by atoms with Crippen molar-refractivity contribution >= 4 is 34.5 Å². The molecule has 35 heavy (non-hydrogen) atoms. The number of fused-ring (bicyclic) bond motifs is 1. The third-order valence-electron chi connectivity index (χ3n) is 5.47. The van der Waals surface area contributed by atoms with Gasteiger partial charge in [0, 0.05) is 24.0 Å². The molecule has 2 atom stereocenters. The topological polar surface area (TPSA) is 112 Å². The fraction of sp³-hybridized carbons (Fsp3) is 0.348. The van der Waals surface area contributed by atoms with E-state index in [1.54, 1.807) is 24.3 Å². The summed E-state index contributed by atoms with van der Waals surface area (Å²) in [5, 5.41) is 7.76. The number of aromatic nitrogens is 2. The quantitative estimate of drug-likeness (QED) is 0.430. The number of hydrogen-bond acceptors (Lipinski definition) is 4. The Hall–Kier alpha value is -3.18. The van der Waals surface area contributed by atoms with Crippen molar-refractivity contribution in [1.29, 1.82) is 0 Å². The maximum absolute atomic E-state index is 13.8. The lowest BCUT2D eigenvalue weighted by molar-refractivity contribution is -0.192. The minimum Gasteiger partial charge on any atom is -0.475 e. The zero-order valence-corrected chi connectivity index (χ0v) is 19.1. The second-order valence-corrected chi connectivity index (χ2v) is 8.53. The van der Waals surface area contributed by atoms with Crippen molar-refractivity contribution in [2.75, 3.05) is 6.54 Å². The van der Waals surface area contributed by atoms with Crippen molar-refractivity contribution in [2.45, 2.75) is 43.9 Å². The number of benzene rings is 2. The zero-order valence-electron chi connectivity index (χ0n) is 18.4. The molecule has 2 heterocycles. The monoisotopic (exact) mass is 514 g/mol. The number of amides is 1. The maximum atomic E-state index is 13.8. The van der Waals surface area contributed by atoms with E-state index in [0.29, 0.717) is 23.6 Å². The number of aromatic amines is 1. The van der Waals surface area contributed by atoms with Gasteiger partial charge in [0.15, 0.2) is 0 Å². The summed E-state index contributed by atoms with van der Waals surface area (Å²) in [6.07, 6.45) is -2.81. The molecule has 1 aromatic heterocycles. The number of rotatable bonds is 5. The summed E-state index contributed by atoms with van der Waals surface area (Å²) in [7, 11) is 0. The fourth-order valence-electron chi connectivity index (χ4n) is 3.87. The van der Waals surface area contributed by atoms with E-state index in [0.717, 1.165) is 29.7 Å². The smallest absolute Gasteiger partial charge is 0.475 e. The van der Waals surface area contributed by atoms with Gasteiger partial charge in [0.1, 0.15) is 11.6 Å². The minimum atomic E-state index is -5.08. The first-order valence-electron chi connectivity index (χ1n) is 10.7. The highest BCUT2D eigenvalue weighted by Crippen LogP contribution is 2.32. The van der Waals surface area contributed by atoms with Crippen molar-refractivity contribution in [3.63, 3.8) is 0 Å². The summed E-state index contributed by atoms with van der Waals surface area (Å²) in [6.45, 7) is 0.674. The molecule has 0 unspecified atom stereocenters. The molecule has 1 fully saturated rings. The number of alkyl halides is 3. The van der Waals surface area contributed by atoms with Gasteiger partial charge in [-0.2, -0.15) is 13.2 Å². The Balaban J connectivity index is 0.000000429. The van der Waals surface area contributed by atoms with Gasteiger partial charge in [-0.05, 0) is 49.1 Å². The Morgan fingerprint density at radius 1 is 1.26 bits per heavy atom. The van der Waals surface area contributed by atoms with Gasteiger partial charge in [-0.15, -0.1) is 0 Å². The van der Waals surface area contributed by atoms with Crippen LogP contribution >= 0.6 is 11.6 Å². The number of aliphatic carboxylic acids is 1. The van der Waals surface area contributed by atoms with Gasteiger partial charge in [-0.25, -0.2) is 14.2 Å². The first-order chi connectivity index (χ1) is 16.5. The fourth-order valence-corrected chi connectivity index (χ4v) is 4.04. The average Bonchev–Trinajstić information content (AvgIpc) is 3.41. The average molecular weight is 515 g/mol. The molecule has 1 amide bonds. The number of halogens is 5. The summed E-state index contributed by atoms with van der Waals surface area (Å²) in [4.78, 5) is 31.5. The lowest BCUT2D eigenvalue weighted by atomic mass is 10.0. The van der Waals surface area contributed by atoms with Gasteiger partial charge < -0.3 is 20.7 Å². The van der Waals surface area contributed by atoms with Gasteiger partial charge in [0.25, 0.3) is 0 Å². The molecule has 0 bridgehead atoms. The molecule has 0 spiro atoms. The largest absolute Gasteiger partial charge is 0.490 e. The summed E-state index contributed by atoms with van der Waals surface area (Å²) in [5.41, 5.74) is 8.38. The van der Waals surface area contributed by atoms with Crippen LogP contribution in [0.2, 0.25) is 5.02 Å². The number of carboxylic acids is 1. The van der Waals surface area contributed by atoms with Crippen molar-refractivity contribution < 1.29 is 32.3 Å². The predicted molar refractivity (Wildman–Crippen MR) is 121 cm³/mol. The molecule has 1 aliphatic heterocycles. The van der Waals surface area contributed by atoms with Crippen LogP contribution in [0, 0.1) is 5.82 Å². The highest BCUT2D eigenvalue weighted by atomic mass is 35.5. The number of nitrogens with zero attached hydrogens (tertiary/aromatic N) is 2. The Morgan fingerprint density at radius 2 is 1.94 bits per heavy atom. The molecule has 1 saturated heterocycles. The third-order valence-corrected chi connectivity index (χ3v) is 5.71. The summed E-state index contributed by atoms with van der Waals surface area (Å²) < 4.78 is 45.6. The molecule has 3 aromatic rings. The van der Waals surface area contributed by atoms with Crippen molar-refractivity contribution in [2.24, 2.45) is 5.73 Å². The summed E-state index contributed by atoms with van der Waals surface area (Å²) >= 11 is 6.05. The zero-order chi connectivity index (χ0) is 25.8. The van der Waals surface area contributed by atoms with Gasteiger partial charge >= 0.3 is 12.1 Å². The Labute approximate surface area is 202 Å². The summed E-state index contributed by atoms with van der Waals surface area (Å²) in [5.74, 6) is -2.30. The van der Waals surface area contributed by atoms with Gasteiger partial charge in [-0.3, -0.25) is 4.79 Å². The molecule has 4 rings (SSSR count). The number of likely N-dealkylation sites (tertiary alicyclic amines) is 1. The number of imidazole rings is 1.